The Morgan fingerprint density at radius 2 is 2.16 bits per heavy atom. The van der Waals surface area contributed by atoms with Crippen LogP contribution in [0.15, 0.2) is 24.3 Å². The second-order valence-corrected chi connectivity index (χ2v) is 5.66. The monoisotopic (exact) mass is 278 g/mol. The van der Waals surface area contributed by atoms with Crippen LogP contribution in [0.4, 0.5) is 0 Å². The van der Waals surface area contributed by atoms with Gasteiger partial charge in [-0.3, -0.25) is 0 Å². The Bertz CT molecular complexity index is 569. The molecule has 0 N–H and O–H groups in total. The molecule has 1 aromatic heterocycles. The second kappa shape index (κ2) is 5.14. The number of aryl methyl sites for hydroxylation is 1. The average Bonchev–Trinajstić information content (AvgIpc) is 2.72. The van der Waals surface area contributed by atoms with Crippen molar-refractivity contribution in [3.05, 3.63) is 30.1 Å². The molecule has 0 amide bonds. The van der Waals surface area contributed by atoms with E-state index in [-0.39, 0.29) is 5.60 Å². The van der Waals surface area contributed by atoms with Gasteiger partial charge in [0, 0.05) is 19.4 Å². The van der Waals surface area contributed by atoms with Crippen LogP contribution in [0.25, 0.3) is 11.0 Å². The summed E-state index contributed by atoms with van der Waals surface area (Å²) in [6.07, 6.45) is 4.33. The van der Waals surface area contributed by atoms with Gasteiger partial charge in [-0.05, 0) is 31.4 Å². The number of ether oxygens (including phenoxy) is 1. The SMILES string of the molecule is COC1(Cn2c(CCCl)nc3ccccc32)CCC1. The van der Waals surface area contributed by atoms with Gasteiger partial charge in [-0.15, -0.1) is 11.6 Å². The third-order valence-electron chi connectivity index (χ3n) is 4.20. The van der Waals surface area contributed by atoms with Gasteiger partial charge >= 0.3 is 0 Å². The maximum Gasteiger partial charge on any atom is 0.111 e. The zero-order valence-electron chi connectivity index (χ0n) is 11.2. The molecule has 1 aliphatic carbocycles. The summed E-state index contributed by atoms with van der Waals surface area (Å²) in [6, 6.07) is 8.27. The molecule has 19 heavy (non-hydrogen) atoms. The highest BCUT2D eigenvalue weighted by molar-refractivity contribution is 6.17. The topological polar surface area (TPSA) is 27.1 Å². The molecule has 0 atom stereocenters. The van der Waals surface area contributed by atoms with Crippen LogP contribution in [0.3, 0.4) is 0 Å². The number of alkyl halides is 1. The summed E-state index contributed by atoms with van der Waals surface area (Å²) in [6.45, 7) is 0.885. The fourth-order valence-corrected chi connectivity index (χ4v) is 3.03. The molecular formula is C15H19ClN2O. The van der Waals surface area contributed by atoms with E-state index >= 15 is 0 Å². The van der Waals surface area contributed by atoms with Gasteiger partial charge in [0.25, 0.3) is 0 Å². The normalized spacial score (nSPS) is 17.6. The smallest absolute Gasteiger partial charge is 0.111 e. The Labute approximate surface area is 118 Å². The molecule has 3 nitrogen and oxygen atoms in total. The molecule has 0 unspecified atom stereocenters. The van der Waals surface area contributed by atoms with E-state index in [1.54, 1.807) is 0 Å². The first-order chi connectivity index (χ1) is 9.28. The van der Waals surface area contributed by atoms with Crippen LogP contribution in [0.2, 0.25) is 0 Å². The molecule has 1 heterocycles. The molecule has 0 aliphatic heterocycles. The summed E-state index contributed by atoms with van der Waals surface area (Å²) in [5, 5.41) is 0. The fraction of sp³-hybridized carbons (Fsp3) is 0.533. The minimum atomic E-state index is 0.00450. The van der Waals surface area contributed by atoms with Crippen LogP contribution in [0.5, 0.6) is 0 Å². The first kappa shape index (κ1) is 12.9. The molecule has 1 aromatic carbocycles. The van der Waals surface area contributed by atoms with Gasteiger partial charge in [0.15, 0.2) is 0 Å². The van der Waals surface area contributed by atoms with E-state index in [4.69, 9.17) is 21.3 Å². The standard InChI is InChI=1S/C15H19ClN2O/c1-19-15(8-4-9-15)11-18-13-6-3-2-5-12(13)17-14(18)7-10-16/h2-3,5-6H,4,7-11H2,1H3. The number of methoxy groups -OCH3 is 1. The van der Waals surface area contributed by atoms with Crippen LogP contribution < -0.4 is 0 Å². The van der Waals surface area contributed by atoms with Crippen LogP contribution >= 0.6 is 11.6 Å². The number of nitrogens with zero attached hydrogens (tertiary/aromatic N) is 2. The molecule has 4 heteroatoms. The minimum Gasteiger partial charge on any atom is -0.376 e. The maximum atomic E-state index is 5.90. The number of para-hydroxylation sites is 2. The van der Waals surface area contributed by atoms with Crippen molar-refractivity contribution >= 4 is 22.6 Å². The molecule has 0 spiro atoms. The lowest BCUT2D eigenvalue weighted by atomic mass is 9.80. The van der Waals surface area contributed by atoms with Crippen LogP contribution in [-0.2, 0) is 17.7 Å². The molecule has 1 saturated carbocycles. The van der Waals surface area contributed by atoms with Crippen LogP contribution in [0.1, 0.15) is 25.1 Å². The van der Waals surface area contributed by atoms with Gasteiger partial charge in [-0.25, -0.2) is 4.98 Å². The van der Waals surface area contributed by atoms with Gasteiger partial charge in [0.2, 0.25) is 0 Å². The molecular weight excluding hydrogens is 260 g/mol. The zero-order valence-corrected chi connectivity index (χ0v) is 12.0. The van der Waals surface area contributed by atoms with Crippen molar-refractivity contribution < 1.29 is 4.74 Å². The van der Waals surface area contributed by atoms with E-state index in [0.717, 1.165) is 37.1 Å². The lowest BCUT2D eigenvalue weighted by Crippen LogP contribution is -2.43. The Kier molecular flexibility index (Phi) is 3.50. The van der Waals surface area contributed by atoms with Gasteiger partial charge < -0.3 is 9.30 Å². The lowest BCUT2D eigenvalue weighted by molar-refractivity contribution is -0.0832. The van der Waals surface area contributed by atoms with Crippen molar-refractivity contribution in [3.63, 3.8) is 0 Å². The number of fused-ring (bicyclic) bond motifs is 1. The molecule has 2 aromatic rings. The van der Waals surface area contributed by atoms with Gasteiger partial charge in [-0.1, -0.05) is 12.1 Å². The van der Waals surface area contributed by atoms with Gasteiger partial charge in [0.1, 0.15) is 5.82 Å². The third-order valence-corrected chi connectivity index (χ3v) is 4.38. The molecule has 1 fully saturated rings. The van der Waals surface area contributed by atoms with E-state index in [1.807, 2.05) is 13.2 Å². The predicted octanol–water partition coefficient (Wildman–Crippen LogP) is 3.39. The highest BCUT2D eigenvalue weighted by Crippen LogP contribution is 2.37. The van der Waals surface area contributed by atoms with E-state index in [1.165, 1.54) is 11.9 Å². The quantitative estimate of drug-likeness (QED) is 0.784. The number of hydrogen-bond acceptors (Lipinski definition) is 2. The fourth-order valence-electron chi connectivity index (χ4n) is 2.86. The van der Waals surface area contributed by atoms with Crippen LogP contribution in [0, 0.1) is 0 Å². The number of benzene rings is 1. The van der Waals surface area contributed by atoms with Crippen molar-refractivity contribution in [2.24, 2.45) is 0 Å². The van der Waals surface area contributed by atoms with Crippen LogP contribution in [-0.4, -0.2) is 28.1 Å². The van der Waals surface area contributed by atoms with Gasteiger partial charge in [-0.2, -0.15) is 0 Å². The summed E-state index contributed by atoms with van der Waals surface area (Å²) in [7, 11) is 1.82. The van der Waals surface area contributed by atoms with E-state index in [2.05, 4.69) is 22.8 Å². The lowest BCUT2D eigenvalue weighted by Gasteiger charge is -2.41. The highest BCUT2D eigenvalue weighted by atomic mass is 35.5. The number of halogens is 1. The predicted molar refractivity (Wildman–Crippen MR) is 77.7 cm³/mol. The minimum absolute atomic E-state index is 0.00450. The van der Waals surface area contributed by atoms with Crippen molar-refractivity contribution in [3.8, 4) is 0 Å². The third kappa shape index (κ3) is 2.26. The molecule has 0 bridgehead atoms. The number of rotatable bonds is 5. The van der Waals surface area contributed by atoms with E-state index < -0.39 is 0 Å². The molecule has 1 aliphatic rings. The molecule has 3 rings (SSSR count). The summed E-state index contributed by atoms with van der Waals surface area (Å²) in [5.41, 5.74) is 2.24. The molecule has 0 saturated heterocycles. The Hall–Kier alpha value is -1.06. The van der Waals surface area contributed by atoms with E-state index in [9.17, 15) is 0 Å². The van der Waals surface area contributed by atoms with Crippen molar-refractivity contribution in [2.45, 2.75) is 37.8 Å². The first-order valence-electron chi connectivity index (χ1n) is 6.83. The average molecular weight is 279 g/mol. The summed E-state index contributed by atoms with van der Waals surface area (Å²) in [5.74, 6) is 1.67. The largest absolute Gasteiger partial charge is 0.376 e. The molecule has 0 radical (unpaired) electrons. The Balaban J connectivity index is 2.02. The summed E-state index contributed by atoms with van der Waals surface area (Å²) >= 11 is 5.90. The number of imidazole rings is 1. The summed E-state index contributed by atoms with van der Waals surface area (Å²) in [4.78, 5) is 4.70. The van der Waals surface area contributed by atoms with E-state index in [0.29, 0.717) is 5.88 Å². The highest BCUT2D eigenvalue weighted by Gasteiger charge is 2.38. The Morgan fingerprint density at radius 3 is 2.79 bits per heavy atom. The zero-order chi connectivity index (χ0) is 13.3. The Morgan fingerprint density at radius 1 is 1.37 bits per heavy atom. The van der Waals surface area contributed by atoms with Crippen molar-refractivity contribution in [2.75, 3.05) is 13.0 Å². The van der Waals surface area contributed by atoms with Crippen molar-refractivity contribution in [1.82, 2.24) is 9.55 Å². The second-order valence-electron chi connectivity index (χ2n) is 5.28. The first-order valence-corrected chi connectivity index (χ1v) is 7.37. The summed E-state index contributed by atoms with van der Waals surface area (Å²) < 4.78 is 8.04. The number of aromatic nitrogens is 2. The van der Waals surface area contributed by atoms with Crippen molar-refractivity contribution in [1.29, 1.82) is 0 Å². The molecule has 102 valence electrons. The maximum absolute atomic E-state index is 5.90. The number of hydrogen-bond donors (Lipinski definition) is 0. The van der Waals surface area contributed by atoms with Gasteiger partial charge in [0.05, 0.1) is 23.2 Å².